The Morgan fingerprint density at radius 1 is 1.03 bits per heavy atom. The molecule has 8 nitrogen and oxygen atoms in total. The van der Waals surface area contributed by atoms with Crippen molar-refractivity contribution in [3.63, 3.8) is 0 Å². The second-order valence-electron chi connectivity index (χ2n) is 8.59. The van der Waals surface area contributed by atoms with Gasteiger partial charge in [-0.15, -0.1) is 0 Å². The second kappa shape index (κ2) is 10.6. The number of hydrogen-bond donors (Lipinski definition) is 3. The molecule has 30 heavy (non-hydrogen) atoms. The average Bonchev–Trinajstić information content (AvgIpc) is 3.48. The van der Waals surface area contributed by atoms with Gasteiger partial charge in [-0.1, -0.05) is 18.6 Å². The smallest absolute Gasteiger partial charge is 0.317 e. The maximum atomic E-state index is 12.7. The topological polar surface area (TPSA) is 96.4 Å². The molecule has 2 saturated heterocycles. The van der Waals surface area contributed by atoms with Crippen molar-refractivity contribution in [2.75, 3.05) is 45.8 Å². The van der Waals surface area contributed by atoms with Gasteiger partial charge in [-0.2, -0.15) is 0 Å². The first-order valence-corrected chi connectivity index (χ1v) is 10.9. The van der Waals surface area contributed by atoms with Crippen molar-refractivity contribution in [1.29, 1.82) is 0 Å². The zero-order valence-electron chi connectivity index (χ0n) is 17.6. The van der Waals surface area contributed by atoms with Gasteiger partial charge in [0.25, 0.3) is 6.47 Å². The van der Waals surface area contributed by atoms with Gasteiger partial charge in [0.05, 0.1) is 5.54 Å². The molecule has 0 atom stereocenters. The summed E-state index contributed by atoms with van der Waals surface area (Å²) in [5.74, 6) is 0.314. The summed E-state index contributed by atoms with van der Waals surface area (Å²) in [6.07, 6.45) is 6.18. The van der Waals surface area contributed by atoms with E-state index in [1.807, 2.05) is 23.1 Å². The lowest BCUT2D eigenvalue weighted by Crippen LogP contribution is -2.55. The van der Waals surface area contributed by atoms with Crippen molar-refractivity contribution in [2.45, 2.75) is 44.2 Å². The van der Waals surface area contributed by atoms with Crippen LogP contribution in [0, 0.1) is 0 Å². The number of aromatic hydroxyl groups is 1. The minimum absolute atomic E-state index is 0.0348. The zero-order valence-corrected chi connectivity index (χ0v) is 17.6. The van der Waals surface area contributed by atoms with Crippen LogP contribution in [0.4, 0.5) is 4.79 Å². The van der Waals surface area contributed by atoms with E-state index in [1.54, 1.807) is 6.07 Å². The van der Waals surface area contributed by atoms with Gasteiger partial charge < -0.3 is 25.3 Å². The van der Waals surface area contributed by atoms with Gasteiger partial charge in [-0.3, -0.25) is 9.69 Å². The van der Waals surface area contributed by atoms with Crippen molar-refractivity contribution in [3.8, 4) is 5.75 Å². The lowest BCUT2D eigenvalue weighted by molar-refractivity contribution is -0.122. The Hall–Kier alpha value is -2.32. The summed E-state index contributed by atoms with van der Waals surface area (Å²) in [5.41, 5.74) is 1.15. The third-order valence-electron chi connectivity index (χ3n) is 6.18. The van der Waals surface area contributed by atoms with E-state index in [2.05, 4.69) is 15.1 Å². The lowest BCUT2D eigenvalue weighted by atomic mass is 10.1. The highest BCUT2D eigenvalue weighted by molar-refractivity contribution is 5.75. The normalized spacial score (nSPS) is 21.3. The number of urea groups is 1. The summed E-state index contributed by atoms with van der Waals surface area (Å²) in [7, 11) is 0. The number of rotatable bonds is 5. The number of phenols is 1. The first-order chi connectivity index (χ1) is 14.5. The van der Waals surface area contributed by atoms with E-state index >= 15 is 0 Å². The Morgan fingerprint density at radius 3 is 2.30 bits per heavy atom. The van der Waals surface area contributed by atoms with Crippen LogP contribution in [0.5, 0.6) is 5.75 Å². The Bertz CT molecular complexity index is 696. The predicted molar refractivity (Wildman–Crippen MR) is 114 cm³/mol. The fourth-order valence-corrected chi connectivity index (χ4v) is 4.35. The largest absolute Gasteiger partial charge is 0.508 e. The van der Waals surface area contributed by atoms with E-state index in [0.717, 1.165) is 57.7 Å². The molecule has 3 aliphatic rings. The summed E-state index contributed by atoms with van der Waals surface area (Å²) in [4.78, 5) is 28.0. The van der Waals surface area contributed by atoms with Gasteiger partial charge in [-0.25, -0.2) is 4.79 Å². The van der Waals surface area contributed by atoms with Crippen molar-refractivity contribution in [2.24, 2.45) is 0 Å². The lowest BCUT2D eigenvalue weighted by Gasteiger charge is -2.36. The molecule has 8 heteroatoms. The SMILES string of the molecule is O=C(NC1(CN2CCCCC2)CC1)N1CCN(Cc2cccc(O)c2)CC1.O=CO. The van der Waals surface area contributed by atoms with Gasteiger partial charge in [0.2, 0.25) is 0 Å². The van der Waals surface area contributed by atoms with Crippen LogP contribution in [0.15, 0.2) is 24.3 Å². The summed E-state index contributed by atoms with van der Waals surface area (Å²) >= 11 is 0. The summed E-state index contributed by atoms with van der Waals surface area (Å²) in [6.45, 7) is 7.26. The Labute approximate surface area is 178 Å². The minimum atomic E-state index is -0.250. The van der Waals surface area contributed by atoms with Crippen LogP contribution < -0.4 is 5.32 Å². The standard InChI is InChI=1S/C21H32N4O2.CH2O2/c26-19-6-4-5-18(15-19)16-23-11-13-25(14-12-23)20(27)22-21(7-8-21)17-24-9-2-1-3-10-24;2-1-3/h4-6,15,26H,1-3,7-14,16-17H2,(H,22,27);1H,(H,2,3). The average molecular weight is 419 g/mol. The number of carbonyl (C=O) groups excluding carboxylic acids is 1. The van der Waals surface area contributed by atoms with Crippen LogP contribution in [0.25, 0.3) is 0 Å². The van der Waals surface area contributed by atoms with Crippen LogP contribution in [0.3, 0.4) is 0 Å². The zero-order chi connectivity index (χ0) is 21.4. The maximum absolute atomic E-state index is 12.7. The molecule has 166 valence electrons. The van der Waals surface area contributed by atoms with Crippen molar-refractivity contribution >= 4 is 12.5 Å². The fourth-order valence-electron chi connectivity index (χ4n) is 4.35. The van der Waals surface area contributed by atoms with Crippen LogP contribution in [-0.2, 0) is 11.3 Å². The Morgan fingerprint density at radius 2 is 1.70 bits per heavy atom. The Kier molecular flexibility index (Phi) is 7.93. The number of carbonyl (C=O) groups is 2. The highest BCUT2D eigenvalue weighted by Crippen LogP contribution is 2.37. The molecule has 0 spiro atoms. The number of likely N-dealkylation sites (tertiary alicyclic amines) is 1. The van der Waals surface area contributed by atoms with Crippen molar-refractivity contribution in [1.82, 2.24) is 20.0 Å². The summed E-state index contributed by atoms with van der Waals surface area (Å²) in [5, 5.41) is 19.8. The number of piperazine rings is 1. The molecule has 0 aromatic heterocycles. The minimum Gasteiger partial charge on any atom is -0.508 e. The van der Waals surface area contributed by atoms with E-state index in [4.69, 9.17) is 9.90 Å². The highest BCUT2D eigenvalue weighted by Gasteiger charge is 2.46. The van der Waals surface area contributed by atoms with E-state index in [-0.39, 0.29) is 18.0 Å². The van der Waals surface area contributed by atoms with Crippen molar-refractivity contribution < 1.29 is 19.8 Å². The maximum Gasteiger partial charge on any atom is 0.317 e. The van der Waals surface area contributed by atoms with E-state index in [9.17, 15) is 9.90 Å². The molecule has 0 bridgehead atoms. The molecule has 0 radical (unpaired) electrons. The van der Waals surface area contributed by atoms with Crippen LogP contribution in [0.2, 0.25) is 0 Å². The molecule has 2 aliphatic heterocycles. The van der Waals surface area contributed by atoms with Crippen LogP contribution in [0.1, 0.15) is 37.7 Å². The third kappa shape index (κ3) is 6.60. The fraction of sp³-hybridized carbons (Fsp3) is 0.636. The number of amides is 2. The number of nitrogens with one attached hydrogen (secondary N) is 1. The molecule has 1 aromatic rings. The third-order valence-corrected chi connectivity index (χ3v) is 6.18. The van der Waals surface area contributed by atoms with Gasteiger partial charge in [0.15, 0.2) is 0 Å². The number of hydrogen-bond acceptors (Lipinski definition) is 5. The van der Waals surface area contributed by atoms with Gasteiger partial charge >= 0.3 is 6.03 Å². The Balaban J connectivity index is 0.000000806. The van der Waals surface area contributed by atoms with Gasteiger partial charge in [0, 0.05) is 39.3 Å². The molecule has 1 aromatic carbocycles. The summed E-state index contributed by atoms with van der Waals surface area (Å²) < 4.78 is 0. The molecule has 4 rings (SSSR count). The molecule has 2 heterocycles. The summed E-state index contributed by atoms with van der Waals surface area (Å²) in [6, 6.07) is 7.54. The molecule has 2 amide bonds. The number of piperidine rings is 1. The van der Waals surface area contributed by atoms with Crippen LogP contribution >= 0.6 is 0 Å². The molecule has 3 fully saturated rings. The predicted octanol–water partition coefficient (Wildman–Crippen LogP) is 1.94. The van der Waals surface area contributed by atoms with Crippen LogP contribution in [-0.4, -0.2) is 88.8 Å². The monoisotopic (exact) mass is 418 g/mol. The van der Waals surface area contributed by atoms with E-state index in [0.29, 0.717) is 5.75 Å². The quantitative estimate of drug-likeness (QED) is 0.633. The highest BCUT2D eigenvalue weighted by atomic mass is 16.3. The van der Waals surface area contributed by atoms with Gasteiger partial charge in [-0.05, 0) is 56.5 Å². The van der Waals surface area contributed by atoms with Crippen molar-refractivity contribution in [3.05, 3.63) is 29.8 Å². The molecule has 1 aliphatic carbocycles. The number of carboxylic acid groups (broad SMARTS) is 1. The first-order valence-electron chi connectivity index (χ1n) is 10.9. The molecule has 0 unspecified atom stereocenters. The van der Waals surface area contributed by atoms with Gasteiger partial charge in [0.1, 0.15) is 5.75 Å². The second-order valence-corrected chi connectivity index (χ2v) is 8.59. The van der Waals surface area contributed by atoms with E-state index in [1.165, 1.54) is 32.4 Å². The number of benzene rings is 1. The molecular formula is C22H34N4O4. The molecule has 1 saturated carbocycles. The first kappa shape index (κ1) is 22.4. The number of nitrogens with zero attached hydrogens (tertiary/aromatic N) is 3. The molecule has 3 N–H and O–H groups in total. The van der Waals surface area contributed by atoms with E-state index < -0.39 is 0 Å². The molecular weight excluding hydrogens is 384 g/mol. The number of phenolic OH excluding ortho intramolecular Hbond substituents is 1.